The first kappa shape index (κ1) is 11.0. The molecule has 3 heteroatoms. The lowest BCUT2D eigenvalue weighted by Gasteiger charge is -2.21. The average Bonchev–Trinajstić information content (AvgIpc) is 2.02. The number of nitrogens with zero attached hydrogens (tertiary/aromatic N) is 1. The Bertz CT molecular complexity index is 285. The average molecular weight is 194 g/mol. The van der Waals surface area contributed by atoms with E-state index in [1.807, 2.05) is 12.1 Å². The molecule has 1 unspecified atom stereocenters. The van der Waals surface area contributed by atoms with Crippen LogP contribution in [0.5, 0.6) is 0 Å². The molecule has 2 N–H and O–H groups in total. The van der Waals surface area contributed by atoms with Crippen molar-refractivity contribution >= 4 is 5.82 Å². The standard InChI is InChI=1S/C11H18N2O/c1-8(14)9-5-6-10(12-7-9)13-11(2,3)4/h5-8,14H,1-4H3,(H,12,13). The molecule has 0 fully saturated rings. The number of rotatable bonds is 2. The fraction of sp³-hybridized carbons (Fsp3) is 0.545. The highest BCUT2D eigenvalue weighted by molar-refractivity contribution is 5.38. The molecule has 0 aliphatic rings. The largest absolute Gasteiger partial charge is 0.389 e. The number of hydrogen-bond donors (Lipinski definition) is 2. The Balaban J connectivity index is 2.74. The lowest BCUT2D eigenvalue weighted by Crippen LogP contribution is -2.26. The van der Waals surface area contributed by atoms with Crippen LogP contribution in [0.25, 0.3) is 0 Å². The van der Waals surface area contributed by atoms with Gasteiger partial charge in [0.2, 0.25) is 0 Å². The van der Waals surface area contributed by atoms with Gasteiger partial charge in [-0.15, -0.1) is 0 Å². The fourth-order valence-electron chi connectivity index (χ4n) is 1.11. The van der Waals surface area contributed by atoms with Crippen LogP contribution in [0.1, 0.15) is 39.4 Å². The lowest BCUT2D eigenvalue weighted by molar-refractivity contribution is 0.199. The van der Waals surface area contributed by atoms with Crippen LogP contribution in [-0.4, -0.2) is 15.6 Å². The summed E-state index contributed by atoms with van der Waals surface area (Å²) in [5, 5.41) is 12.5. The predicted octanol–water partition coefficient (Wildman–Crippen LogP) is 2.35. The minimum Gasteiger partial charge on any atom is -0.389 e. The van der Waals surface area contributed by atoms with E-state index >= 15 is 0 Å². The molecule has 0 aromatic carbocycles. The molecule has 0 bridgehead atoms. The van der Waals surface area contributed by atoms with Gasteiger partial charge in [0.1, 0.15) is 5.82 Å². The minimum atomic E-state index is -0.453. The number of aliphatic hydroxyl groups excluding tert-OH is 1. The molecule has 14 heavy (non-hydrogen) atoms. The van der Waals surface area contributed by atoms with Crippen molar-refractivity contribution in [1.82, 2.24) is 4.98 Å². The summed E-state index contributed by atoms with van der Waals surface area (Å²) in [5.74, 6) is 0.835. The first-order valence-corrected chi connectivity index (χ1v) is 4.81. The van der Waals surface area contributed by atoms with E-state index in [1.165, 1.54) is 0 Å². The molecule has 1 heterocycles. The number of nitrogens with one attached hydrogen (secondary N) is 1. The second kappa shape index (κ2) is 3.96. The van der Waals surface area contributed by atoms with Crippen molar-refractivity contribution in [3.63, 3.8) is 0 Å². The van der Waals surface area contributed by atoms with E-state index in [-0.39, 0.29) is 5.54 Å². The molecule has 0 saturated heterocycles. The van der Waals surface area contributed by atoms with Gasteiger partial charge in [-0.1, -0.05) is 6.07 Å². The van der Waals surface area contributed by atoms with Gasteiger partial charge in [0.15, 0.2) is 0 Å². The maximum Gasteiger partial charge on any atom is 0.126 e. The Morgan fingerprint density at radius 1 is 1.36 bits per heavy atom. The zero-order valence-corrected chi connectivity index (χ0v) is 9.20. The van der Waals surface area contributed by atoms with Gasteiger partial charge >= 0.3 is 0 Å². The van der Waals surface area contributed by atoms with Crippen molar-refractivity contribution in [2.45, 2.75) is 39.3 Å². The zero-order chi connectivity index (χ0) is 10.8. The van der Waals surface area contributed by atoms with Crippen LogP contribution in [0, 0.1) is 0 Å². The fourth-order valence-corrected chi connectivity index (χ4v) is 1.11. The Morgan fingerprint density at radius 3 is 2.36 bits per heavy atom. The van der Waals surface area contributed by atoms with Crippen LogP contribution in [0.2, 0.25) is 0 Å². The van der Waals surface area contributed by atoms with Crippen LogP contribution < -0.4 is 5.32 Å². The molecular formula is C11H18N2O. The zero-order valence-electron chi connectivity index (χ0n) is 9.20. The van der Waals surface area contributed by atoms with E-state index < -0.39 is 6.10 Å². The predicted molar refractivity (Wildman–Crippen MR) is 58.2 cm³/mol. The number of aliphatic hydroxyl groups is 1. The molecule has 3 nitrogen and oxygen atoms in total. The number of aromatic nitrogens is 1. The van der Waals surface area contributed by atoms with Gasteiger partial charge in [-0.3, -0.25) is 0 Å². The van der Waals surface area contributed by atoms with E-state index in [9.17, 15) is 5.11 Å². The van der Waals surface area contributed by atoms with E-state index in [2.05, 4.69) is 31.1 Å². The van der Waals surface area contributed by atoms with Gasteiger partial charge in [-0.25, -0.2) is 4.98 Å². The van der Waals surface area contributed by atoms with Gasteiger partial charge in [-0.2, -0.15) is 0 Å². The smallest absolute Gasteiger partial charge is 0.126 e. The summed E-state index contributed by atoms with van der Waals surface area (Å²) < 4.78 is 0. The second-order valence-corrected chi connectivity index (χ2v) is 4.53. The van der Waals surface area contributed by atoms with Crippen LogP contribution in [0.3, 0.4) is 0 Å². The number of pyridine rings is 1. The maximum atomic E-state index is 9.29. The third-order valence-electron chi connectivity index (χ3n) is 1.77. The van der Waals surface area contributed by atoms with Crippen molar-refractivity contribution in [3.8, 4) is 0 Å². The van der Waals surface area contributed by atoms with Crippen LogP contribution in [0.4, 0.5) is 5.82 Å². The Kier molecular flexibility index (Phi) is 3.11. The molecule has 0 aliphatic heterocycles. The molecule has 1 aromatic heterocycles. The third kappa shape index (κ3) is 3.34. The van der Waals surface area contributed by atoms with Gasteiger partial charge in [0.05, 0.1) is 6.10 Å². The van der Waals surface area contributed by atoms with Crippen LogP contribution in [0.15, 0.2) is 18.3 Å². The molecule has 1 atom stereocenters. The topological polar surface area (TPSA) is 45.1 Å². The summed E-state index contributed by atoms with van der Waals surface area (Å²) in [6.45, 7) is 7.97. The second-order valence-electron chi connectivity index (χ2n) is 4.53. The highest BCUT2D eigenvalue weighted by Crippen LogP contribution is 2.15. The van der Waals surface area contributed by atoms with Crippen molar-refractivity contribution < 1.29 is 5.11 Å². The Labute approximate surface area is 85.2 Å². The normalized spacial score (nSPS) is 13.8. The Hall–Kier alpha value is -1.09. The van der Waals surface area contributed by atoms with E-state index in [1.54, 1.807) is 13.1 Å². The molecule has 78 valence electrons. The molecule has 1 rings (SSSR count). The lowest BCUT2D eigenvalue weighted by atomic mass is 10.1. The van der Waals surface area contributed by atoms with Crippen molar-refractivity contribution in [2.24, 2.45) is 0 Å². The summed E-state index contributed by atoms with van der Waals surface area (Å²) in [4.78, 5) is 4.21. The summed E-state index contributed by atoms with van der Waals surface area (Å²) in [6.07, 6.45) is 1.24. The molecule has 0 saturated carbocycles. The first-order valence-electron chi connectivity index (χ1n) is 4.81. The maximum absolute atomic E-state index is 9.29. The number of hydrogen-bond acceptors (Lipinski definition) is 3. The quantitative estimate of drug-likeness (QED) is 0.759. The molecule has 0 spiro atoms. The van der Waals surface area contributed by atoms with Crippen molar-refractivity contribution in [3.05, 3.63) is 23.9 Å². The van der Waals surface area contributed by atoms with Gasteiger partial charge in [0.25, 0.3) is 0 Å². The summed E-state index contributed by atoms with van der Waals surface area (Å²) in [5.41, 5.74) is 0.851. The van der Waals surface area contributed by atoms with E-state index in [0.29, 0.717) is 0 Å². The molecule has 0 radical (unpaired) electrons. The molecular weight excluding hydrogens is 176 g/mol. The summed E-state index contributed by atoms with van der Waals surface area (Å²) in [6, 6.07) is 3.76. The molecule has 1 aromatic rings. The van der Waals surface area contributed by atoms with Gasteiger partial charge in [0, 0.05) is 11.7 Å². The third-order valence-corrected chi connectivity index (χ3v) is 1.77. The van der Waals surface area contributed by atoms with Crippen LogP contribution >= 0.6 is 0 Å². The van der Waals surface area contributed by atoms with Crippen molar-refractivity contribution in [1.29, 1.82) is 0 Å². The molecule has 0 amide bonds. The summed E-state index contributed by atoms with van der Waals surface area (Å²) >= 11 is 0. The highest BCUT2D eigenvalue weighted by Gasteiger charge is 2.10. The Morgan fingerprint density at radius 2 is 2.00 bits per heavy atom. The number of anilines is 1. The SMILES string of the molecule is CC(O)c1ccc(NC(C)(C)C)nc1. The van der Waals surface area contributed by atoms with E-state index in [0.717, 1.165) is 11.4 Å². The summed E-state index contributed by atoms with van der Waals surface area (Å²) in [7, 11) is 0. The van der Waals surface area contributed by atoms with Gasteiger partial charge < -0.3 is 10.4 Å². The monoisotopic (exact) mass is 194 g/mol. The van der Waals surface area contributed by atoms with E-state index in [4.69, 9.17) is 0 Å². The first-order chi connectivity index (χ1) is 6.38. The van der Waals surface area contributed by atoms with Crippen molar-refractivity contribution in [2.75, 3.05) is 5.32 Å². The minimum absolute atomic E-state index is 0.0132. The highest BCUT2D eigenvalue weighted by atomic mass is 16.3. The van der Waals surface area contributed by atoms with Crippen LogP contribution in [-0.2, 0) is 0 Å². The molecule has 0 aliphatic carbocycles. The van der Waals surface area contributed by atoms with Gasteiger partial charge in [-0.05, 0) is 39.3 Å².